The maximum Gasteiger partial charge on any atom is 0.305 e. The van der Waals surface area contributed by atoms with Gasteiger partial charge in [0, 0.05) is 47.7 Å². The molecule has 0 saturated carbocycles. The number of benzene rings is 3. The smallest absolute Gasteiger partial charge is 0.305 e. The summed E-state index contributed by atoms with van der Waals surface area (Å²) in [7, 11) is 0. The summed E-state index contributed by atoms with van der Waals surface area (Å²) in [5.41, 5.74) is 1.41. The van der Waals surface area contributed by atoms with E-state index < -0.39 is 35.5 Å². The molecular weight excluding hydrogens is 590 g/mol. The predicted molar refractivity (Wildman–Crippen MR) is 162 cm³/mol. The zero-order valence-corrected chi connectivity index (χ0v) is 24.2. The van der Waals surface area contributed by atoms with Crippen molar-refractivity contribution in [1.29, 1.82) is 0 Å². The van der Waals surface area contributed by atoms with Crippen LogP contribution in [0.15, 0.2) is 84.2 Å². The van der Waals surface area contributed by atoms with Gasteiger partial charge in [0.05, 0.1) is 23.8 Å². The fourth-order valence-electron chi connectivity index (χ4n) is 4.93. The lowest BCUT2D eigenvalue weighted by Crippen LogP contribution is -2.49. The van der Waals surface area contributed by atoms with Crippen molar-refractivity contribution in [2.75, 3.05) is 36.4 Å². The van der Waals surface area contributed by atoms with E-state index in [1.165, 1.54) is 17.4 Å². The molecule has 3 amide bonds. The minimum Gasteiger partial charge on any atom is -0.481 e. The summed E-state index contributed by atoms with van der Waals surface area (Å²) >= 11 is 1.32. The second-order valence-corrected chi connectivity index (χ2v) is 11.1. The lowest BCUT2D eigenvalue weighted by molar-refractivity contribution is -0.137. The van der Waals surface area contributed by atoms with Gasteiger partial charge in [0.2, 0.25) is 0 Å². The number of halogens is 2. The van der Waals surface area contributed by atoms with Crippen molar-refractivity contribution in [1.82, 2.24) is 10.2 Å². The number of anilines is 2. The molecule has 1 aromatic heterocycles. The van der Waals surface area contributed by atoms with Crippen LogP contribution in [0, 0.1) is 11.6 Å². The first-order chi connectivity index (χ1) is 21.2. The number of amides is 3. The molecule has 9 nitrogen and oxygen atoms in total. The summed E-state index contributed by atoms with van der Waals surface area (Å²) in [5, 5.41) is 16.6. The Balaban J connectivity index is 1.39. The molecule has 3 aromatic carbocycles. The van der Waals surface area contributed by atoms with Crippen LogP contribution in [0.2, 0.25) is 0 Å². The first-order valence-electron chi connectivity index (χ1n) is 13.8. The second-order valence-electron chi connectivity index (χ2n) is 10.1. The molecule has 0 spiro atoms. The molecule has 1 unspecified atom stereocenters. The van der Waals surface area contributed by atoms with Crippen molar-refractivity contribution in [3.05, 3.63) is 117 Å². The maximum absolute atomic E-state index is 13.9. The quantitative estimate of drug-likeness (QED) is 0.238. The topological polar surface area (TPSA) is 119 Å². The molecule has 226 valence electrons. The Hall–Kier alpha value is -5.10. The molecule has 4 aromatic rings. The molecule has 1 saturated heterocycles. The highest BCUT2D eigenvalue weighted by molar-refractivity contribution is 7.10. The molecule has 1 aliphatic rings. The Morgan fingerprint density at radius 2 is 1.50 bits per heavy atom. The van der Waals surface area contributed by atoms with Crippen LogP contribution in [0.25, 0.3) is 0 Å². The van der Waals surface area contributed by atoms with Gasteiger partial charge in [0.15, 0.2) is 11.6 Å². The van der Waals surface area contributed by atoms with Crippen molar-refractivity contribution >= 4 is 46.4 Å². The van der Waals surface area contributed by atoms with Crippen LogP contribution in [0.5, 0.6) is 0 Å². The Bertz CT molecular complexity index is 1680. The molecule has 1 fully saturated rings. The van der Waals surface area contributed by atoms with E-state index in [-0.39, 0.29) is 29.1 Å². The largest absolute Gasteiger partial charge is 0.481 e. The summed E-state index contributed by atoms with van der Waals surface area (Å²) in [5.74, 6) is -4.72. The van der Waals surface area contributed by atoms with Gasteiger partial charge in [0.1, 0.15) is 0 Å². The summed E-state index contributed by atoms with van der Waals surface area (Å²) < 4.78 is 27.4. The molecule has 0 radical (unpaired) electrons. The number of carbonyl (C=O) groups excluding carboxylic acids is 3. The lowest BCUT2D eigenvalue weighted by atomic mass is 10.1. The third-order valence-corrected chi connectivity index (χ3v) is 8.17. The van der Waals surface area contributed by atoms with Crippen LogP contribution in [0.4, 0.5) is 20.2 Å². The van der Waals surface area contributed by atoms with E-state index in [2.05, 4.69) is 10.6 Å². The highest BCUT2D eigenvalue weighted by Gasteiger charge is 2.26. The number of carboxylic acid groups (broad SMARTS) is 1. The molecule has 1 aliphatic heterocycles. The van der Waals surface area contributed by atoms with Crippen molar-refractivity contribution in [3.63, 3.8) is 0 Å². The number of piperazine rings is 1. The Kier molecular flexibility index (Phi) is 9.29. The minimum absolute atomic E-state index is 0.0919. The number of hydrogen-bond acceptors (Lipinski definition) is 6. The predicted octanol–water partition coefficient (Wildman–Crippen LogP) is 5.19. The van der Waals surface area contributed by atoms with E-state index in [1.54, 1.807) is 58.8 Å². The Morgan fingerprint density at radius 3 is 2.16 bits per heavy atom. The lowest BCUT2D eigenvalue weighted by Gasteiger charge is -2.37. The number of nitrogens with one attached hydrogen (secondary N) is 2. The van der Waals surface area contributed by atoms with Gasteiger partial charge in [-0.05, 0) is 60.0 Å². The number of carbonyl (C=O) groups is 4. The minimum atomic E-state index is -1.18. The van der Waals surface area contributed by atoms with E-state index in [9.17, 15) is 33.1 Å². The first kappa shape index (κ1) is 30.4. The number of aliphatic carboxylic acids is 1. The Labute approximate surface area is 255 Å². The van der Waals surface area contributed by atoms with Gasteiger partial charge < -0.3 is 25.5 Å². The van der Waals surface area contributed by atoms with Crippen LogP contribution in [0.3, 0.4) is 0 Å². The third-order valence-electron chi connectivity index (χ3n) is 7.19. The molecule has 12 heteroatoms. The number of nitrogens with zero attached hydrogens (tertiary/aromatic N) is 2. The van der Waals surface area contributed by atoms with Crippen molar-refractivity contribution < 1.29 is 33.1 Å². The SMILES string of the molecule is O=C(O)CC(NC(=O)c1ccc(N2CCN(C(=O)c3ccccc3)CC2)c(NC(=O)c2ccc(F)c(F)c2)c1)c1cccs1. The van der Waals surface area contributed by atoms with E-state index in [4.69, 9.17) is 0 Å². The van der Waals surface area contributed by atoms with Gasteiger partial charge in [-0.3, -0.25) is 19.2 Å². The maximum atomic E-state index is 13.9. The second kappa shape index (κ2) is 13.5. The fourth-order valence-corrected chi connectivity index (χ4v) is 5.71. The zero-order valence-electron chi connectivity index (χ0n) is 23.3. The number of rotatable bonds is 9. The summed E-state index contributed by atoms with van der Waals surface area (Å²) in [6, 6.07) is 19.1. The van der Waals surface area contributed by atoms with E-state index in [1.807, 2.05) is 11.0 Å². The third kappa shape index (κ3) is 7.09. The Morgan fingerprint density at radius 1 is 0.795 bits per heavy atom. The van der Waals surface area contributed by atoms with Gasteiger partial charge in [-0.2, -0.15) is 0 Å². The molecule has 5 rings (SSSR count). The number of hydrogen-bond donors (Lipinski definition) is 3. The van der Waals surface area contributed by atoms with Crippen LogP contribution >= 0.6 is 11.3 Å². The average Bonchev–Trinajstić information content (AvgIpc) is 3.57. The fraction of sp³-hybridized carbons (Fsp3) is 0.188. The average molecular weight is 619 g/mol. The monoisotopic (exact) mass is 618 g/mol. The number of thiophene rings is 1. The van der Waals surface area contributed by atoms with Crippen molar-refractivity contribution in [2.45, 2.75) is 12.5 Å². The van der Waals surface area contributed by atoms with Gasteiger partial charge in [-0.15, -0.1) is 11.3 Å². The molecule has 2 heterocycles. The van der Waals surface area contributed by atoms with Crippen LogP contribution < -0.4 is 15.5 Å². The first-order valence-corrected chi connectivity index (χ1v) is 14.6. The summed E-state index contributed by atoms with van der Waals surface area (Å²) in [6.07, 6.45) is -0.323. The van der Waals surface area contributed by atoms with Gasteiger partial charge in [0.25, 0.3) is 17.7 Å². The number of carboxylic acids is 1. The summed E-state index contributed by atoms with van der Waals surface area (Å²) in [4.78, 5) is 55.2. The standard InChI is InChI=1S/C32H28F2N4O5S/c33-23-10-8-21(17-24(23)34)30(41)35-25-18-22(31(42)36-26(19-29(39)40)28-7-4-16-44-28)9-11-27(25)37-12-14-38(15-13-37)32(43)20-5-2-1-3-6-20/h1-11,16-18,26H,12-15,19H2,(H,35,41)(H,36,42)(H,39,40). The van der Waals surface area contributed by atoms with Crippen LogP contribution in [-0.4, -0.2) is 59.9 Å². The van der Waals surface area contributed by atoms with Gasteiger partial charge in [-0.1, -0.05) is 24.3 Å². The molecule has 0 aliphatic carbocycles. The normalized spacial score (nSPS) is 13.7. The van der Waals surface area contributed by atoms with Gasteiger partial charge >= 0.3 is 5.97 Å². The molecule has 1 atom stereocenters. The van der Waals surface area contributed by atoms with Crippen LogP contribution in [-0.2, 0) is 4.79 Å². The molecule has 44 heavy (non-hydrogen) atoms. The highest BCUT2D eigenvalue weighted by Crippen LogP contribution is 2.30. The zero-order chi connectivity index (χ0) is 31.2. The molecule has 3 N–H and O–H groups in total. The van der Waals surface area contributed by atoms with E-state index in [0.717, 1.165) is 18.2 Å². The van der Waals surface area contributed by atoms with E-state index in [0.29, 0.717) is 42.3 Å². The van der Waals surface area contributed by atoms with Crippen molar-refractivity contribution in [2.24, 2.45) is 0 Å². The summed E-state index contributed by atoms with van der Waals surface area (Å²) in [6.45, 7) is 1.67. The molecule has 0 bridgehead atoms. The highest BCUT2D eigenvalue weighted by atomic mass is 32.1. The van der Waals surface area contributed by atoms with Crippen molar-refractivity contribution in [3.8, 4) is 0 Å². The molecular formula is C32H28F2N4O5S. The van der Waals surface area contributed by atoms with Gasteiger partial charge in [-0.25, -0.2) is 8.78 Å². The van der Waals surface area contributed by atoms with Crippen LogP contribution in [0.1, 0.15) is 48.4 Å². The van der Waals surface area contributed by atoms with E-state index >= 15 is 0 Å².